The van der Waals surface area contributed by atoms with Gasteiger partial charge in [-0.1, -0.05) is 0 Å². The maximum Gasteiger partial charge on any atom is 4.00 e. The Morgan fingerprint density at radius 2 is 1.22 bits per heavy atom. The third-order valence-electron chi connectivity index (χ3n) is 0. The van der Waals surface area contributed by atoms with Crippen LogP contribution in [-0.4, -0.2) is 9.79 Å². The Bertz CT molecular complexity index is 59.2. The molecule has 0 aromatic carbocycles. The fourth-order valence-electron chi connectivity index (χ4n) is 0. The van der Waals surface area contributed by atoms with E-state index in [-0.39, 0.29) is 55.1 Å². The van der Waals surface area contributed by atoms with Crippen molar-refractivity contribution in [1.29, 1.82) is 0 Å². The Labute approximate surface area is 81.9 Å². The van der Waals surface area contributed by atoms with Crippen molar-refractivity contribution in [2.45, 2.75) is 0 Å². The molecule has 0 amide bonds. The first-order chi connectivity index (χ1) is 2.00. The summed E-state index contributed by atoms with van der Waals surface area (Å²) in [6.45, 7) is 0. The minimum Gasteiger partial charge on any atom is -2.00 e. The summed E-state index contributed by atoms with van der Waals surface area (Å²) in [7, 11) is -4.89. The summed E-state index contributed by atoms with van der Waals surface area (Å²) >= 11 is 0. The molecular weight excluding hydrogens is 283 g/mol. The van der Waals surface area contributed by atoms with Crippen molar-refractivity contribution < 1.29 is 74.3 Å². The predicted octanol–water partition coefficient (Wildman–Crippen LogP) is -1.80. The van der Waals surface area contributed by atoms with Gasteiger partial charge in [-0.15, -0.1) is 0 Å². The smallest absolute Gasteiger partial charge is 2.00 e. The number of phosphoric acid groups is 1. The van der Waals surface area contributed by atoms with E-state index in [0.29, 0.717) is 0 Å². The SMILES string of the molecule is O=P([O-])(O)O.[Ag+].[O-2].[O-2].[Ti+4]. The standard InChI is InChI=1S/Ag.H3O4P.2O.Ti/c;1-5(2,3)4;;;/h;(H3,1,2,3,4);;;/q+1;;2*-2;+4/p-1. The first-order valence-corrected chi connectivity index (χ1v) is 2.30. The maximum atomic E-state index is 8.77. The van der Waals surface area contributed by atoms with Crippen molar-refractivity contribution in [1.82, 2.24) is 0 Å². The van der Waals surface area contributed by atoms with Crippen LogP contribution in [0.15, 0.2) is 0 Å². The quantitative estimate of drug-likeness (QED) is 0.400. The molecular formula is H2AgO6PTi. The van der Waals surface area contributed by atoms with Gasteiger partial charge in [0.15, 0.2) is 0 Å². The number of rotatable bonds is 0. The molecule has 0 aromatic rings. The average molecular weight is 285 g/mol. The van der Waals surface area contributed by atoms with Gasteiger partial charge in [0.1, 0.15) is 0 Å². The van der Waals surface area contributed by atoms with Gasteiger partial charge in [-0.25, -0.2) is 0 Å². The molecule has 0 unspecified atom stereocenters. The zero-order chi connectivity index (χ0) is 4.50. The predicted molar refractivity (Wildman–Crippen MR) is 13.4 cm³/mol. The maximum absolute atomic E-state index is 8.77. The Balaban J connectivity index is -0.0000000133. The Morgan fingerprint density at radius 1 is 1.22 bits per heavy atom. The van der Waals surface area contributed by atoms with Crippen molar-refractivity contribution >= 4 is 7.82 Å². The summed E-state index contributed by atoms with van der Waals surface area (Å²) in [5.74, 6) is 0. The average Bonchev–Trinajstić information content (AvgIpc) is 0.722. The molecule has 0 rings (SSSR count). The minimum absolute atomic E-state index is 0. The van der Waals surface area contributed by atoms with E-state index in [1.165, 1.54) is 0 Å². The molecule has 0 aliphatic heterocycles. The van der Waals surface area contributed by atoms with Gasteiger partial charge in [-0.3, -0.25) is 4.57 Å². The monoisotopic (exact) mass is 284 g/mol. The zero-order valence-electron chi connectivity index (χ0n) is 3.78. The molecule has 0 atom stereocenters. The molecule has 0 radical (unpaired) electrons. The first kappa shape index (κ1) is 31.4. The van der Waals surface area contributed by atoms with Gasteiger partial charge in [0.2, 0.25) is 0 Å². The molecule has 0 saturated carbocycles. The molecule has 0 aliphatic rings. The van der Waals surface area contributed by atoms with Crippen molar-refractivity contribution in [2.75, 3.05) is 0 Å². The fourth-order valence-corrected chi connectivity index (χ4v) is 0. The van der Waals surface area contributed by atoms with Gasteiger partial charge in [0, 0.05) is 0 Å². The van der Waals surface area contributed by atoms with Crippen LogP contribution in [0.25, 0.3) is 0 Å². The second-order valence-electron chi connectivity index (χ2n) is 0.491. The molecule has 0 aliphatic carbocycles. The van der Waals surface area contributed by atoms with E-state index in [4.69, 9.17) is 19.2 Å². The van der Waals surface area contributed by atoms with Crippen LogP contribution in [0.5, 0.6) is 0 Å². The summed E-state index contributed by atoms with van der Waals surface area (Å²) in [4.78, 5) is 22.9. The van der Waals surface area contributed by atoms with E-state index in [2.05, 4.69) is 0 Å². The molecule has 0 bridgehead atoms. The van der Waals surface area contributed by atoms with E-state index in [9.17, 15) is 0 Å². The third kappa shape index (κ3) is 241. The van der Waals surface area contributed by atoms with Gasteiger partial charge < -0.3 is 25.6 Å². The van der Waals surface area contributed by atoms with E-state index >= 15 is 0 Å². The van der Waals surface area contributed by atoms with Gasteiger partial charge in [0.25, 0.3) is 7.82 Å². The summed E-state index contributed by atoms with van der Waals surface area (Å²) < 4.78 is 8.77. The van der Waals surface area contributed by atoms with Gasteiger partial charge in [0.05, 0.1) is 0 Å². The molecule has 9 heavy (non-hydrogen) atoms. The van der Waals surface area contributed by atoms with Crippen molar-refractivity contribution in [2.24, 2.45) is 0 Å². The summed E-state index contributed by atoms with van der Waals surface area (Å²) in [6.07, 6.45) is 0. The molecule has 0 aromatic heterocycles. The largest absolute Gasteiger partial charge is 4.00 e. The van der Waals surface area contributed by atoms with Gasteiger partial charge in [-0.2, -0.15) is 0 Å². The van der Waals surface area contributed by atoms with Crippen LogP contribution in [0.4, 0.5) is 0 Å². The Morgan fingerprint density at radius 3 is 1.22 bits per heavy atom. The van der Waals surface area contributed by atoms with Crippen LogP contribution < -0.4 is 4.89 Å². The first-order valence-electron chi connectivity index (χ1n) is 0.765. The topological polar surface area (TPSA) is 138 Å². The molecule has 2 N–H and O–H groups in total. The third-order valence-corrected chi connectivity index (χ3v) is 0. The molecule has 0 saturated heterocycles. The number of hydrogen-bond acceptors (Lipinski definition) is 2. The van der Waals surface area contributed by atoms with Gasteiger partial charge in [-0.05, 0) is 0 Å². The molecule has 0 fully saturated rings. The van der Waals surface area contributed by atoms with E-state index in [1.54, 1.807) is 0 Å². The van der Waals surface area contributed by atoms with Crippen LogP contribution in [0.2, 0.25) is 0 Å². The normalized spacial score (nSPS) is 6.56. The van der Waals surface area contributed by atoms with Crippen LogP contribution in [0.1, 0.15) is 0 Å². The van der Waals surface area contributed by atoms with E-state index in [0.717, 1.165) is 0 Å². The molecule has 9 heteroatoms. The minimum atomic E-state index is -4.89. The van der Waals surface area contributed by atoms with E-state index in [1.807, 2.05) is 0 Å². The summed E-state index contributed by atoms with van der Waals surface area (Å²) in [6, 6.07) is 0. The zero-order valence-corrected chi connectivity index (χ0v) is 7.71. The van der Waals surface area contributed by atoms with E-state index < -0.39 is 7.82 Å². The van der Waals surface area contributed by atoms with Crippen LogP contribution >= 0.6 is 7.82 Å². The number of hydrogen-bond donors (Lipinski definition) is 2. The Hall–Kier alpha value is 1.48. The fraction of sp³-hybridized carbons (Fsp3) is 0. The second kappa shape index (κ2) is 12.2. The van der Waals surface area contributed by atoms with Crippen molar-refractivity contribution in [3.63, 3.8) is 0 Å². The van der Waals surface area contributed by atoms with Crippen molar-refractivity contribution in [3.8, 4) is 0 Å². The molecule has 58 valence electrons. The second-order valence-corrected chi connectivity index (χ2v) is 1.47. The molecule has 6 nitrogen and oxygen atoms in total. The van der Waals surface area contributed by atoms with Crippen LogP contribution in [0, 0.1) is 0 Å². The molecule has 0 heterocycles. The van der Waals surface area contributed by atoms with Crippen LogP contribution in [-0.2, 0) is 59.6 Å². The summed E-state index contributed by atoms with van der Waals surface area (Å²) in [5.41, 5.74) is 0. The van der Waals surface area contributed by atoms with Gasteiger partial charge >= 0.3 is 44.1 Å². The van der Waals surface area contributed by atoms with Crippen LogP contribution in [0.3, 0.4) is 0 Å². The molecule has 0 spiro atoms. The van der Waals surface area contributed by atoms with Crippen molar-refractivity contribution in [3.05, 3.63) is 0 Å². The Kier molecular flexibility index (Phi) is 42.5. The summed E-state index contributed by atoms with van der Waals surface area (Å²) in [5, 5.41) is 0.